The monoisotopic (exact) mass is 464 g/mol. The summed E-state index contributed by atoms with van der Waals surface area (Å²) in [5, 5.41) is 6.63. The number of aliphatic imine (C=N–C) groups is 1. The molecule has 2 aromatic heterocycles. The Bertz CT molecular complexity index is 782. The number of aromatic amines is 1. The number of para-hydroxylation sites is 2. The van der Waals surface area contributed by atoms with Crippen molar-refractivity contribution in [3.8, 4) is 0 Å². The van der Waals surface area contributed by atoms with Gasteiger partial charge in [-0.15, -0.1) is 24.0 Å². The molecule has 1 aromatic carbocycles. The van der Waals surface area contributed by atoms with E-state index >= 15 is 0 Å². The van der Waals surface area contributed by atoms with Gasteiger partial charge in [0.1, 0.15) is 5.82 Å². The van der Waals surface area contributed by atoms with Crippen molar-refractivity contribution in [2.45, 2.75) is 26.3 Å². The van der Waals surface area contributed by atoms with Crippen LogP contribution in [0.2, 0.25) is 0 Å². The molecule has 7 heteroatoms. The van der Waals surface area contributed by atoms with E-state index in [0.717, 1.165) is 54.4 Å². The maximum absolute atomic E-state index is 4.60. The van der Waals surface area contributed by atoms with Gasteiger partial charge in [-0.25, -0.2) is 9.98 Å². The highest BCUT2D eigenvalue weighted by atomic mass is 127. The van der Waals surface area contributed by atoms with Gasteiger partial charge in [0.15, 0.2) is 5.96 Å². The Kier molecular flexibility index (Phi) is 8.33. The Balaban J connectivity index is 0.00000243. The number of aryl methyl sites for hydroxylation is 1. The first-order valence-electron chi connectivity index (χ1n) is 8.71. The molecular formula is C19H25IN6. The van der Waals surface area contributed by atoms with Gasteiger partial charge in [-0.1, -0.05) is 18.2 Å². The lowest BCUT2D eigenvalue weighted by molar-refractivity contribution is 0.726. The third-order valence-corrected chi connectivity index (χ3v) is 3.79. The molecule has 3 N–H and O–H groups in total. The molecule has 0 aliphatic rings. The summed E-state index contributed by atoms with van der Waals surface area (Å²) in [6.45, 7) is 4.30. The van der Waals surface area contributed by atoms with Crippen LogP contribution in [-0.2, 0) is 13.0 Å². The number of rotatable bonds is 7. The van der Waals surface area contributed by atoms with E-state index in [2.05, 4.69) is 43.6 Å². The van der Waals surface area contributed by atoms with Gasteiger partial charge in [0.25, 0.3) is 0 Å². The fraction of sp³-hybridized carbons (Fsp3) is 0.316. The molecular weight excluding hydrogens is 439 g/mol. The maximum atomic E-state index is 4.60. The van der Waals surface area contributed by atoms with E-state index in [4.69, 9.17) is 0 Å². The number of hydrogen-bond acceptors (Lipinski definition) is 3. The summed E-state index contributed by atoms with van der Waals surface area (Å²) in [5.74, 6) is 1.84. The Morgan fingerprint density at radius 2 is 1.96 bits per heavy atom. The van der Waals surface area contributed by atoms with E-state index in [1.807, 2.05) is 36.4 Å². The second-order valence-electron chi connectivity index (χ2n) is 5.75. The first-order chi connectivity index (χ1) is 12.3. The Morgan fingerprint density at radius 3 is 2.73 bits per heavy atom. The molecule has 6 nitrogen and oxygen atoms in total. The lowest BCUT2D eigenvalue weighted by atomic mass is 10.3. The molecule has 0 saturated heterocycles. The number of H-pyrrole nitrogens is 1. The van der Waals surface area contributed by atoms with Crippen molar-refractivity contribution in [1.29, 1.82) is 0 Å². The van der Waals surface area contributed by atoms with Crippen molar-refractivity contribution in [2.24, 2.45) is 4.99 Å². The summed E-state index contributed by atoms with van der Waals surface area (Å²) < 4.78 is 0. The third-order valence-electron chi connectivity index (χ3n) is 3.79. The van der Waals surface area contributed by atoms with Gasteiger partial charge in [-0.2, -0.15) is 0 Å². The predicted octanol–water partition coefficient (Wildman–Crippen LogP) is 3.26. The van der Waals surface area contributed by atoms with E-state index in [0.29, 0.717) is 6.54 Å². The summed E-state index contributed by atoms with van der Waals surface area (Å²) in [5.41, 5.74) is 3.08. The number of imidazole rings is 1. The number of hydrogen-bond donors (Lipinski definition) is 3. The van der Waals surface area contributed by atoms with Crippen molar-refractivity contribution in [3.63, 3.8) is 0 Å². The molecule has 26 heavy (non-hydrogen) atoms. The van der Waals surface area contributed by atoms with Crippen molar-refractivity contribution in [3.05, 3.63) is 60.2 Å². The van der Waals surface area contributed by atoms with Crippen LogP contribution in [0.5, 0.6) is 0 Å². The smallest absolute Gasteiger partial charge is 0.191 e. The van der Waals surface area contributed by atoms with Gasteiger partial charge in [0.05, 0.1) is 23.3 Å². The number of guanidine groups is 1. The summed E-state index contributed by atoms with van der Waals surface area (Å²) in [6.07, 6.45) is 3.67. The van der Waals surface area contributed by atoms with E-state index in [1.54, 1.807) is 6.20 Å². The molecule has 0 atom stereocenters. The van der Waals surface area contributed by atoms with Crippen molar-refractivity contribution in [2.75, 3.05) is 13.1 Å². The van der Waals surface area contributed by atoms with E-state index in [1.165, 1.54) is 0 Å². The summed E-state index contributed by atoms with van der Waals surface area (Å²) in [4.78, 5) is 16.8. The molecule has 0 aliphatic carbocycles. The normalized spacial score (nSPS) is 11.2. The molecule has 0 aliphatic heterocycles. The molecule has 2 heterocycles. The molecule has 0 bridgehead atoms. The van der Waals surface area contributed by atoms with Crippen LogP contribution >= 0.6 is 24.0 Å². The summed E-state index contributed by atoms with van der Waals surface area (Å²) >= 11 is 0. The number of pyridine rings is 1. The van der Waals surface area contributed by atoms with Crippen molar-refractivity contribution in [1.82, 2.24) is 25.6 Å². The quantitative estimate of drug-likeness (QED) is 0.217. The lowest BCUT2D eigenvalue weighted by Gasteiger charge is -2.10. The van der Waals surface area contributed by atoms with Gasteiger partial charge in [0.2, 0.25) is 0 Å². The molecule has 0 amide bonds. The van der Waals surface area contributed by atoms with Crippen LogP contribution < -0.4 is 10.6 Å². The molecule has 138 valence electrons. The van der Waals surface area contributed by atoms with E-state index in [-0.39, 0.29) is 24.0 Å². The number of benzene rings is 1. The molecule has 0 fully saturated rings. The van der Waals surface area contributed by atoms with E-state index < -0.39 is 0 Å². The van der Waals surface area contributed by atoms with Gasteiger partial charge >= 0.3 is 0 Å². The highest BCUT2D eigenvalue weighted by molar-refractivity contribution is 14.0. The zero-order chi connectivity index (χ0) is 17.3. The number of nitrogens with one attached hydrogen (secondary N) is 3. The molecule has 3 aromatic rings. The average molecular weight is 464 g/mol. The second kappa shape index (κ2) is 10.7. The van der Waals surface area contributed by atoms with E-state index in [9.17, 15) is 0 Å². The van der Waals surface area contributed by atoms with Crippen LogP contribution in [0.1, 0.15) is 24.9 Å². The molecule has 0 unspecified atom stereocenters. The topological polar surface area (TPSA) is 78.0 Å². The number of nitrogens with zero attached hydrogens (tertiary/aromatic N) is 3. The van der Waals surface area contributed by atoms with Gasteiger partial charge in [-0.3, -0.25) is 4.98 Å². The minimum absolute atomic E-state index is 0. The molecule has 0 spiro atoms. The minimum Gasteiger partial charge on any atom is -0.357 e. The van der Waals surface area contributed by atoms with Gasteiger partial charge < -0.3 is 15.6 Å². The van der Waals surface area contributed by atoms with Crippen LogP contribution in [0, 0.1) is 0 Å². The number of fused-ring (bicyclic) bond motifs is 1. The fourth-order valence-electron chi connectivity index (χ4n) is 2.58. The minimum atomic E-state index is 0. The first kappa shape index (κ1) is 20.2. The van der Waals surface area contributed by atoms with Crippen molar-refractivity contribution < 1.29 is 0 Å². The predicted molar refractivity (Wildman–Crippen MR) is 117 cm³/mol. The Morgan fingerprint density at radius 1 is 1.12 bits per heavy atom. The largest absolute Gasteiger partial charge is 0.357 e. The zero-order valence-corrected chi connectivity index (χ0v) is 17.2. The SMILES string of the molecule is CCNC(=NCc1ccccn1)NCCCc1nc2ccccc2[nH]1.I. The first-order valence-corrected chi connectivity index (χ1v) is 8.71. The van der Waals surface area contributed by atoms with Crippen LogP contribution in [-0.4, -0.2) is 34.0 Å². The molecule has 0 radical (unpaired) electrons. The van der Waals surface area contributed by atoms with Crippen LogP contribution in [0.25, 0.3) is 11.0 Å². The van der Waals surface area contributed by atoms with Crippen LogP contribution in [0.3, 0.4) is 0 Å². The third kappa shape index (κ3) is 5.98. The number of halogens is 1. The second-order valence-corrected chi connectivity index (χ2v) is 5.75. The Hall–Kier alpha value is -2.16. The van der Waals surface area contributed by atoms with Crippen LogP contribution in [0.15, 0.2) is 53.7 Å². The van der Waals surface area contributed by atoms with Gasteiger partial charge in [-0.05, 0) is 37.6 Å². The average Bonchev–Trinajstić information content (AvgIpc) is 3.07. The van der Waals surface area contributed by atoms with Crippen LogP contribution in [0.4, 0.5) is 0 Å². The summed E-state index contributed by atoms with van der Waals surface area (Å²) in [6, 6.07) is 14.0. The Labute approximate surface area is 171 Å². The van der Waals surface area contributed by atoms with Crippen molar-refractivity contribution >= 4 is 41.0 Å². The standard InChI is InChI=1S/C19H24N6.HI/c1-2-20-19(23-14-15-8-5-6-12-21-15)22-13-7-11-18-24-16-9-3-4-10-17(16)25-18;/h3-6,8-10,12H,2,7,11,13-14H2,1H3,(H,24,25)(H2,20,22,23);1H. The molecule has 0 saturated carbocycles. The van der Waals surface area contributed by atoms with Gasteiger partial charge in [0, 0.05) is 25.7 Å². The number of aromatic nitrogens is 3. The highest BCUT2D eigenvalue weighted by Crippen LogP contribution is 2.11. The lowest BCUT2D eigenvalue weighted by Crippen LogP contribution is -2.37. The fourth-order valence-corrected chi connectivity index (χ4v) is 2.58. The zero-order valence-electron chi connectivity index (χ0n) is 14.9. The molecule has 3 rings (SSSR count). The highest BCUT2D eigenvalue weighted by Gasteiger charge is 2.02. The maximum Gasteiger partial charge on any atom is 0.191 e. The summed E-state index contributed by atoms with van der Waals surface area (Å²) in [7, 11) is 0.